The number of rotatable bonds is 3. The van der Waals surface area contributed by atoms with Crippen molar-refractivity contribution in [3.8, 4) is 0 Å². The SMILES string of the molecule is O=C(NCC1(O)CCCc2ccccc21)C1CCn2cncc2C1. The summed E-state index contributed by atoms with van der Waals surface area (Å²) in [5.41, 5.74) is 2.34. The molecule has 24 heavy (non-hydrogen) atoms. The molecule has 5 heteroatoms. The first-order valence-electron chi connectivity index (χ1n) is 8.73. The Balaban J connectivity index is 1.43. The first-order valence-corrected chi connectivity index (χ1v) is 8.73. The van der Waals surface area contributed by atoms with Crippen LogP contribution in [-0.2, 0) is 29.8 Å². The minimum absolute atomic E-state index is 0.0309. The lowest BCUT2D eigenvalue weighted by atomic mass is 9.79. The molecular formula is C19H23N3O2. The largest absolute Gasteiger partial charge is 0.383 e. The molecule has 1 aromatic heterocycles. The number of nitrogens with one attached hydrogen (secondary N) is 1. The average molecular weight is 325 g/mol. The van der Waals surface area contributed by atoms with Crippen LogP contribution in [0.15, 0.2) is 36.8 Å². The van der Waals surface area contributed by atoms with Crippen molar-refractivity contribution in [1.29, 1.82) is 0 Å². The van der Waals surface area contributed by atoms with E-state index in [9.17, 15) is 9.90 Å². The normalized spacial score (nSPS) is 25.6. The molecule has 1 aromatic carbocycles. The molecule has 0 radical (unpaired) electrons. The third-order valence-electron chi connectivity index (χ3n) is 5.45. The van der Waals surface area contributed by atoms with Crippen LogP contribution in [0.2, 0.25) is 0 Å². The number of carbonyl (C=O) groups is 1. The summed E-state index contributed by atoms with van der Waals surface area (Å²) in [5, 5.41) is 14.1. The van der Waals surface area contributed by atoms with Crippen molar-refractivity contribution in [3.05, 3.63) is 53.6 Å². The molecular weight excluding hydrogens is 302 g/mol. The van der Waals surface area contributed by atoms with Gasteiger partial charge in [0.15, 0.2) is 0 Å². The lowest BCUT2D eigenvalue weighted by Crippen LogP contribution is -2.45. The number of aryl methyl sites for hydroxylation is 2. The predicted molar refractivity (Wildman–Crippen MR) is 90.3 cm³/mol. The molecule has 2 aromatic rings. The van der Waals surface area contributed by atoms with Crippen LogP contribution >= 0.6 is 0 Å². The Morgan fingerprint density at radius 1 is 1.42 bits per heavy atom. The smallest absolute Gasteiger partial charge is 0.223 e. The second-order valence-corrected chi connectivity index (χ2v) is 7.03. The van der Waals surface area contributed by atoms with E-state index in [1.165, 1.54) is 5.56 Å². The van der Waals surface area contributed by atoms with E-state index in [0.717, 1.165) is 43.5 Å². The summed E-state index contributed by atoms with van der Waals surface area (Å²) < 4.78 is 2.11. The van der Waals surface area contributed by atoms with E-state index in [0.29, 0.717) is 13.0 Å². The number of benzene rings is 1. The molecule has 0 fully saturated rings. The van der Waals surface area contributed by atoms with Gasteiger partial charge in [0.2, 0.25) is 5.91 Å². The zero-order valence-corrected chi connectivity index (χ0v) is 13.7. The van der Waals surface area contributed by atoms with Crippen LogP contribution in [-0.4, -0.2) is 27.1 Å². The Kier molecular flexibility index (Phi) is 3.88. The van der Waals surface area contributed by atoms with Gasteiger partial charge < -0.3 is 15.0 Å². The Bertz CT molecular complexity index is 755. The molecule has 2 aliphatic rings. The van der Waals surface area contributed by atoms with Crippen LogP contribution in [0.5, 0.6) is 0 Å². The number of fused-ring (bicyclic) bond motifs is 2. The van der Waals surface area contributed by atoms with Crippen molar-refractivity contribution in [1.82, 2.24) is 14.9 Å². The molecule has 0 spiro atoms. The van der Waals surface area contributed by atoms with Gasteiger partial charge >= 0.3 is 0 Å². The van der Waals surface area contributed by atoms with Crippen molar-refractivity contribution in [2.24, 2.45) is 5.92 Å². The second-order valence-electron chi connectivity index (χ2n) is 7.03. The highest BCUT2D eigenvalue weighted by atomic mass is 16.3. The summed E-state index contributed by atoms with van der Waals surface area (Å²) in [7, 11) is 0. The van der Waals surface area contributed by atoms with Crippen molar-refractivity contribution in [2.45, 2.75) is 44.2 Å². The van der Waals surface area contributed by atoms with Gasteiger partial charge in [0.05, 0.1) is 12.9 Å². The number of nitrogens with zero attached hydrogens (tertiary/aromatic N) is 2. The highest BCUT2D eigenvalue weighted by molar-refractivity contribution is 5.79. The maximum absolute atomic E-state index is 12.6. The molecule has 2 unspecified atom stereocenters. The van der Waals surface area contributed by atoms with Gasteiger partial charge in [0, 0.05) is 30.8 Å². The van der Waals surface area contributed by atoms with E-state index >= 15 is 0 Å². The van der Waals surface area contributed by atoms with E-state index in [2.05, 4.69) is 20.9 Å². The predicted octanol–water partition coefficient (Wildman–Crippen LogP) is 1.79. The van der Waals surface area contributed by atoms with Crippen LogP contribution in [0.25, 0.3) is 0 Å². The average Bonchev–Trinajstić information content (AvgIpc) is 3.08. The van der Waals surface area contributed by atoms with Crippen molar-refractivity contribution >= 4 is 5.91 Å². The summed E-state index contributed by atoms with van der Waals surface area (Å²) in [6.45, 7) is 1.12. The molecule has 1 amide bonds. The van der Waals surface area contributed by atoms with Crippen LogP contribution in [0, 0.1) is 5.92 Å². The molecule has 2 atom stereocenters. The maximum Gasteiger partial charge on any atom is 0.223 e. The van der Waals surface area contributed by atoms with Gasteiger partial charge in [0.25, 0.3) is 0 Å². The van der Waals surface area contributed by atoms with Crippen molar-refractivity contribution < 1.29 is 9.90 Å². The molecule has 1 aliphatic carbocycles. The number of imidazole rings is 1. The van der Waals surface area contributed by atoms with Gasteiger partial charge in [-0.3, -0.25) is 4.79 Å². The number of aliphatic hydroxyl groups is 1. The fourth-order valence-electron chi connectivity index (χ4n) is 4.05. The standard InChI is InChI=1S/C19H23N3O2/c23-18(15-7-9-22-13-20-11-16(22)10-15)21-12-19(24)8-3-5-14-4-1-2-6-17(14)19/h1-2,4,6,11,13,15,24H,3,5,7-10,12H2,(H,21,23). The maximum atomic E-state index is 12.6. The molecule has 4 rings (SSSR count). The minimum atomic E-state index is -0.944. The van der Waals surface area contributed by atoms with Gasteiger partial charge in [-0.15, -0.1) is 0 Å². The monoisotopic (exact) mass is 325 g/mol. The Hall–Kier alpha value is -2.14. The number of hydrogen-bond acceptors (Lipinski definition) is 3. The molecule has 5 nitrogen and oxygen atoms in total. The van der Waals surface area contributed by atoms with Gasteiger partial charge in [0.1, 0.15) is 5.60 Å². The van der Waals surface area contributed by atoms with E-state index < -0.39 is 5.60 Å². The van der Waals surface area contributed by atoms with Gasteiger partial charge in [-0.1, -0.05) is 24.3 Å². The number of aromatic nitrogens is 2. The highest BCUT2D eigenvalue weighted by Gasteiger charge is 2.35. The van der Waals surface area contributed by atoms with Gasteiger partial charge in [-0.25, -0.2) is 4.98 Å². The lowest BCUT2D eigenvalue weighted by molar-refractivity contribution is -0.127. The summed E-state index contributed by atoms with van der Waals surface area (Å²) in [4.78, 5) is 16.7. The fourth-order valence-corrected chi connectivity index (χ4v) is 4.05. The van der Waals surface area contributed by atoms with E-state index in [-0.39, 0.29) is 11.8 Å². The number of hydrogen-bond donors (Lipinski definition) is 2. The Morgan fingerprint density at radius 2 is 2.29 bits per heavy atom. The zero-order valence-electron chi connectivity index (χ0n) is 13.7. The summed E-state index contributed by atoms with van der Waals surface area (Å²) in [6, 6.07) is 8.02. The number of amides is 1. The van der Waals surface area contributed by atoms with Gasteiger partial charge in [-0.05, 0) is 36.8 Å². The van der Waals surface area contributed by atoms with Crippen LogP contribution in [0.1, 0.15) is 36.1 Å². The Morgan fingerprint density at radius 3 is 3.21 bits per heavy atom. The molecule has 2 heterocycles. The van der Waals surface area contributed by atoms with Crippen LogP contribution < -0.4 is 5.32 Å². The van der Waals surface area contributed by atoms with E-state index in [1.807, 2.05) is 30.7 Å². The zero-order chi connectivity index (χ0) is 16.6. The second kappa shape index (κ2) is 6.06. The fraction of sp³-hybridized carbons (Fsp3) is 0.474. The summed E-state index contributed by atoms with van der Waals surface area (Å²) in [5.74, 6) is 0.00978. The van der Waals surface area contributed by atoms with Crippen molar-refractivity contribution in [2.75, 3.05) is 6.54 Å². The topological polar surface area (TPSA) is 67.2 Å². The summed E-state index contributed by atoms with van der Waals surface area (Å²) in [6.07, 6.45) is 7.85. The lowest BCUT2D eigenvalue weighted by Gasteiger charge is -2.35. The first kappa shape index (κ1) is 15.4. The third-order valence-corrected chi connectivity index (χ3v) is 5.45. The molecule has 0 bridgehead atoms. The van der Waals surface area contributed by atoms with Gasteiger partial charge in [-0.2, -0.15) is 0 Å². The molecule has 0 saturated heterocycles. The third kappa shape index (κ3) is 2.73. The van der Waals surface area contributed by atoms with E-state index in [4.69, 9.17) is 0 Å². The number of carbonyl (C=O) groups excluding carboxylic acids is 1. The molecule has 2 N–H and O–H groups in total. The Labute approximate surface area is 141 Å². The first-order chi connectivity index (χ1) is 11.7. The molecule has 0 saturated carbocycles. The minimum Gasteiger partial charge on any atom is -0.383 e. The van der Waals surface area contributed by atoms with E-state index in [1.54, 1.807) is 0 Å². The van der Waals surface area contributed by atoms with Crippen molar-refractivity contribution in [3.63, 3.8) is 0 Å². The molecule has 1 aliphatic heterocycles. The highest BCUT2D eigenvalue weighted by Crippen LogP contribution is 2.34. The van der Waals surface area contributed by atoms with Crippen LogP contribution in [0.4, 0.5) is 0 Å². The van der Waals surface area contributed by atoms with Crippen LogP contribution in [0.3, 0.4) is 0 Å². The summed E-state index contributed by atoms with van der Waals surface area (Å²) >= 11 is 0. The molecule has 126 valence electrons. The quantitative estimate of drug-likeness (QED) is 0.904.